The van der Waals surface area contributed by atoms with Crippen LogP contribution in [0, 0.1) is 0 Å². The average Bonchev–Trinajstić information content (AvgIpc) is 3.27. The lowest BCUT2D eigenvalue weighted by Gasteiger charge is -2.11. The van der Waals surface area contributed by atoms with E-state index in [0.717, 1.165) is 36.4 Å². The second-order valence-electron chi connectivity index (χ2n) is 6.52. The predicted molar refractivity (Wildman–Crippen MR) is 110 cm³/mol. The number of hydrogen-bond acceptors (Lipinski definition) is 5. The molecule has 0 aliphatic carbocycles. The van der Waals surface area contributed by atoms with Crippen LogP contribution in [-0.4, -0.2) is 33.5 Å². The smallest absolute Gasteiger partial charge is 0.271 e. The van der Waals surface area contributed by atoms with Crippen LogP contribution in [0.25, 0.3) is 10.4 Å². The zero-order valence-corrected chi connectivity index (χ0v) is 16.9. The Morgan fingerprint density at radius 1 is 1.04 bits per heavy atom. The topological polar surface area (TPSA) is 49.4 Å². The third kappa shape index (κ3) is 3.71. The van der Waals surface area contributed by atoms with Crippen LogP contribution in [-0.2, 0) is 22.9 Å². The maximum Gasteiger partial charge on any atom is 0.271 e. The first-order valence-corrected chi connectivity index (χ1v) is 11.7. The fourth-order valence-corrected chi connectivity index (χ4v) is 6.21. The van der Waals surface area contributed by atoms with E-state index in [-0.39, 0.29) is 0 Å². The Hall–Kier alpha value is -1.67. The molecular formula is C19H20N2O2S3. The van der Waals surface area contributed by atoms with Gasteiger partial charge in [-0.1, -0.05) is 6.07 Å². The number of benzene rings is 1. The van der Waals surface area contributed by atoms with Gasteiger partial charge in [0.25, 0.3) is 10.0 Å². The van der Waals surface area contributed by atoms with Gasteiger partial charge in [0.05, 0.1) is 0 Å². The third-order valence-electron chi connectivity index (χ3n) is 4.64. The maximum atomic E-state index is 12.8. The Morgan fingerprint density at radius 2 is 1.85 bits per heavy atom. The molecule has 0 saturated heterocycles. The third-order valence-corrected chi connectivity index (χ3v) is 8.33. The highest BCUT2D eigenvalue weighted by Gasteiger charge is 2.19. The lowest BCUT2D eigenvalue weighted by Crippen LogP contribution is -2.20. The highest BCUT2D eigenvalue weighted by molar-refractivity contribution is 7.94. The molecule has 0 amide bonds. The number of hydrogen-bond donors (Lipinski definition) is 1. The van der Waals surface area contributed by atoms with Crippen LogP contribution in [0.5, 0.6) is 0 Å². The Morgan fingerprint density at radius 3 is 2.62 bits per heavy atom. The van der Waals surface area contributed by atoms with E-state index in [9.17, 15) is 8.42 Å². The van der Waals surface area contributed by atoms with Crippen LogP contribution in [0.3, 0.4) is 0 Å². The number of sulfonamides is 1. The number of nitrogens with zero attached hydrogens (tertiary/aromatic N) is 1. The van der Waals surface area contributed by atoms with Crippen molar-refractivity contribution in [1.82, 2.24) is 4.90 Å². The first-order chi connectivity index (χ1) is 12.5. The molecular weight excluding hydrogens is 384 g/mol. The van der Waals surface area contributed by atoms with Crippen molar-refractivity contribution < 1.29 is 8.42 Å². The fraction of sp³-hybridized carbons (Fsp3) is 0.263. The van der Waals surface area contributed by atoms with Crippen LogP contribution in [0.1, 0.15) is 11.1 Å². The first kappa shape index (κ1) is 17.7. The van der Waals surface area contributed by atoms with Crippen molar-refractivity contribution >= 4 is 38.4 Å². The number of anilines is 1. The summed E-state index contributed by atoms with van der Waals surface area (Å²) in [5.74, 6) is 0. The van der Waals surface area contributed by atoms with Gasteiger partial charge in [-0.2, -0.15) is 11.3 Å². The SMILES string of the molecule is CN1CCc2ccc(NS(=O)(=O)c3ccc(-c4ccsc4)s3)cc2CC1. The quantitative estimate of drug-likeness (QED) is 0.705. The number of rotatable bonds is 4. The van der Waals surface area contributed by atoms with Crippen LogP contribution in [0.2, 0.25) is 0 Å². The van der Waals surface area contributed by atoms with Crippen molar-refractivity contribution in [3.63, 3.8) is 0 Å². The average molecular weight is 405 g/mol. The van der Waals surface area contributed by atoms with Crippen molar-refractivity contribution in [2.75, 3.05) is 24.9 Å². The summed E-state index contributed by atoms with van der Waals surface area (Å²) in [6, 6.07) is 11.5. The Bertz CT molecular complexity index is 1010. The van der Waals surface area contributed by atoms with Crippen molar-refractivity contribution in [2.24, 2.45) is 0 Å². The minimum Gasteiger partial charge on any atom is -0.306 e. The summed E-state index contributed by atoms with van der Waals surface area (Å²) in [6.07, 6.45) is 1.95. The molecule has 136 valence electrons. The minimum atomic E-state index is -3.57. The summed E-state index contributed by atoms with van der Waals surface area (Å²) >= 11 is 2.91. The molecule has 0 saturated carbocycles. The molecule has 3 heterocycles. The van der Waals surface area contributed by atoms with Crippen LogP contribution < -0.4 is 4.72 Å². The Labute approximate surface area is 162 Å². The van der Waals surface area contributed by atoms with Gasteiger partial charge in [-0.05, 0) is 72.1 Å². The van der Waals surface area contributed by atoms with Crippen LogP contribution >= 0.6 is 22.7 Å². The molecule has 1 aliphatic rings. The van der Waals surface area contributed by atoms with Crippen molar-refractivity contribution in [1.29, 1.82) is 0 Å². The lowest BCUT2D eigenvalue weighted by atomic mass is 10.0. The van der Waals surface area contributed by atoms with Crippen molar-refractivity contribution in [3.8, 4) is 10.4 Å². The van der Waals surface area contributed by atoms with E-state index in [1.54, 1.807) is 17.4 Å². The van der Waals surface area contributed by atoms with Crippen molar-refractivity contribution in [3.05, 3.63) is 58.3 Å². The van der Waals surface area contributed by atoms with Gasteiger partial charge in [-0.25, -0.2) is 8.42 Å². The van der Waals surface area contributed by atoms with E-state index in [0.29, 0.717) is 9.90 Å². The molecule has 4 rings (SSSR count). The summed E-state index contributed by atoms with van der Waals surface area (Å²) in [5, 5.41) is 4.02. The van der Waals surface area contributed by atoms with E-state index in [4.69, 9.17) is 0 Å². The van der Waals surface area contributed by atoms with Gasteiger partial charge in [-0.15, -0.1) is 11.3 Å². The van der Waals surface area contributed by atoms with Gasteiger partial charge in [0, 0.05) is 29.2 Å². The van der Waals surface area contributed by atoms with Crippen LogP contribution in [0.15, 0.2) is 51.4 Å². The predicted octanol–water partition coefficient (Wildman–Crippen LogP) is 4.31. The van der Waals surface area contributed by atoms with Crippen molar-refractivity contribution in [2.45, 2.75) is 17.1 Å². The monoisotopic (exact) mass is 404 g/mol. The molecule has 0 atom stereocenters. The number of fused-ring (bicyclic) bond motifs is 1. The van der Waals surface area contributed by atoms with E-state index in [1.165, 1.54) is 22.5 Å². The summed E-state index contributed by atoms with van der Waals surface area (Å²) in [5.41, 5.74) is 4.25. The number of likely N-dealkylation sites (N-methyl/N-ethyl adjacent to an activating group) is 1. The molecule has 1 aromatic carbocycles. The minimum absolute atomic E-state index is 0.341. The van der Waals surface area contributed by atoms with E-state index in [1.807, 2.05) is 35.0 Å². The highest BCUT2D eigenvalue weighted by Crippen LogP contribution is 2.33. The van der Waals surface area contributed by atoms with Gasteiger partial charge in [-0.3, -0.25) is 4.72 Å². The summed E-state index contributed by atoms with van der Waals surface area (Å²) in [7, 11) is -1.45. The summed E-state index contributed by atoms with van der Waals surface area (Å²) in [4.78, 5) is 3.28. The number of nitrogens with one attached hydrogen (secondary N) is 1. The van der Waals surface area contributed by atoms with Gasteiger partial charge in [0.1, 0.15) is 4.21 Å². The molecule has 0 radical (unpaired) electrons. The zero-order chi connectivity index (χ0) is 18.1. The standard InChI is InChI=1S/C19H20N2O2S3/c1-21-9-6-14-2-3-17(12-15(14)7-10-21)20-26(22,23)19-5-4-18(25-19)16-8-11-24-13-16/h2-5,8,11-13,20H,6-7,9-10H2,1H3. The largest absolute Gasteiger partial charge is 0.306 e. The molecule has 2 aromatic heterocycles. The highest BCUT2D eigenvalue weighted by atomic mass is 32.2. The van der Waals surface area contributed by atoms with E-state index in [2.05, 4.69) is 22.7 Å². The summed E-state index contributed by atoms with van der Waals surface area (Å²) in [6.45, 7) is 2.04. The Balaban J connectivity index is 1.57. The summed E-state index contributed by atoms with van der Waals surface area (Å²) < 4.78 is 28.6. The molecule has 3 aromatic rings. The van der Waals surface area contributed by atoms with E-state index < -0.39 is 10.0 Å². The number of thiophene rings is 2. The molecule has 0 fully saturated rings. The van der Waals surface area contributed by atoms with Gasteiger partial charge < -0.3 is 4.90 Å². The molecule has 7 heteroatoms. The molecule has 4 nitrogen and oxygen atoms in total. The van der Waals surface area contributed by atoms with Gasteiger partial charge in [0.2, 0.25) is 0 Å². The second kappa shape index (κ2) is 7.15. The Kier molecular flexibility index (Phi) is 4.88. The van der Waals surface area contributed by atoms with Gasteiger partial charge >= 0.3 is 0 Å². The first-order valence-electron chi connectivity index (χ1n) is 8.47. The van der Waals surface area contributed by atoms with Crippen LogP contribution in [0.4, 0.5) is 5.69 Å². The molecule has 0 unspecified atom stereocenters. The van der Waals surface area contributed by atoms with E-state index >= 15 is 0 Å². The molecule has 26 heavy (non-hydrogen) atoms. The zero-order valence-electron chi connectivity index (χ0n) is 14.4. The second-order valence-corrected chi connectivity index (χ2v) is 10.3. The molecule has 1 aliphatic heterocycles. The van der Waals surface area contributed by atoms with Gasteiger partial charge in [0.15, 0.2) is 0 Å². The molecule has 0 bridgehead atoms. The molecule has 1 N–H and O–H groups in total. The fourth-order valence-electron chi connectivity index (χ4n) is 3.13. The lowest BCUT2D eigenvalue weighted by molar-refractivity contribution is 0.352. The molecule has 0 spiro atoms. The maximum absolute atomic E-state index is 12.8. The normalized spacial score (nSPS) is 15.4.